The van der Waals surface area contributed by atoms with Crippen molar-refractivity contribution in [1.29, 1.82) is 0 Å². The second-order valence-corrected chi connectivity index (χ2v) is 6.35. The predicted molar refractivity (Wildman–Crippen MR) is 97.3 cm³/mol. The first kappa shape index (κ1) is 16.7. The number of para-hydroxylation sites is 1. The van der Waals surface area contributed by atoms with Crippen LogP contribution in [0.1, 0.15) is 22.3 Å². The van der Waals surface area contributed by atoms with E-state index in [9.17, 15) is 4.79 Å². The highest BCUT2D eigenvalue weighted by molar-refractivity contribution is 6.01. The fraction of sp³-hybridized carbons (Fsp3) is 0.286. The van der Waals surface area contributed by atoms with Crippen LogP contribution in [0.25, 0.3) is 0 Å². The van der Waals surface area contributed by atoms with Gasteiger partial charge in [0.1, 0.15) is 12.4 Å². The highest BCUT2D eigenvalue weighted by Gasteiger charge is 2.26. The zero-order chi connectivity index (χ0) is 17.8. The van der Waals surface area contributed by atoms with E-state index in [1.54, 1.807) is 6.07 Å². The number of benzene rings is 2. The molecule has 0 bridgehead atoms. The summed E-state index contributed by atoms with van der Waals surface area (Å²) in [6, 6.07) is 15.4. The Bertz CT molecular complexity index is 810. The van der Waals surface area contributed by atoms with E-state index in [2.05, 4.69) is 4.90 Å². The van der Waals surface area contributed by atoms with Crippen LogP contribution in [0.15, 0.2) is 60.5 Å². The minimum absolute atomic E-state index is 0.0518. The topological polar surface area (TPSA) is 48.0 Å². The molecule has 5 nitrogen and oxygen atoms in total. The second kappa shape index (κ2) is 7.62. The predicted octanol–water partition coefficient (Wildman–Crippen LogP) is 3.40. The quantitative estimate of drug-likeness (QED) is 0.845. The van der Waals surface area contributed by atoms with Gasteiger partial charge in [0.05, 0.1) is 25.2 Å². The molecule has 1 fully saturated rings. The van der Waals surface area contributed by atoms with E-state index < -0.39 is 0 Å². The van der Waals surface area contributed by atoms with Crippen molar-refractivity contribution in [3.8, 4) is 11.5 Å². The first-order valence-corrected chi connectivity index (χ1v) is 8.83. The van der Waals surface area contributed by atoms with Crippen molar-refractivity contribution < 1.29 is 19.0 Å². The molecule has 26 heavy (non-hydrogen) atoms. The third-order valence-electron chi connectivity index (χ3n) is 4.46. The van der Waals surface area contributed by atoms with Gasteiger partial charge in [-0.05, 0) is 17.7 Å². The lowest BCUT2D eigenvalue weighted by molar-refractivity contribution is 0.0576. The van der Waals surface area contributed by atoms with Gasteiger partial charge in [-0.15, -0.1) is 0 Å². The van der Waals surface area contributed by atoms with E-state index in [-0.39, 0.29) is 12.2 Å². The number of fused-ring (bicyclic) bond motifs is 1. The van der Waals surface area contributed by atoms with Crippen molar-refractivity contribution >= 4 is 5.78 Å². The van der Waals surface area contributed by atoms with Crippen LogP contribution < -0.4 is 9.47 Å². The number of rotatable bonds is 4. The van der Waals surface area contributed by atoms with Crippen LogP contribution in [-0.4, -0.2) is 37.0 Å². The minimum atomic E-state index is 0.0518. The standard InChI is InChI=1S/C21H21NO4/c23-19-13-17(14-22-9-11-24-12-10-22)26-21-18(19)7-4-8-20(21)25-15-16-5-2-1-3-6-16/h1-8,14H,9-13,15H2/b17-14+. The summed E-state index contributed by atoms with van der Waals surface area (Å²) in [4.78, 5) is 14.7. The fourth-order valence-electron chi connectivity index (χ4n) is 3.09. The average Bonchev–Trinajstić information content (AvgIpc) is 2.68. The number of hydrogen-bond donors (Lipinski definition) is 0. The molecule has 0 radical (unpaired) electrons. The monoisotopic (exact) mass is 351 g/mol. The number of hydrogen-bond acceptors (Lipinski definition) is 5. The summed E-state index contributed by atoms with van der Waals surface area (Å²) in [5.74, 6) is 1.81. The number of morpholine rings is 1. The normalized spacial score (nSPS) is 18.4. The van der Waals surface area contributed by atoms with Crippen molar-refractivity contribution in [3.63, 3.8) is 0 Å². The first-order valence-electron chi connectivity index (χ1n) is 8.83. The van der Waals surface area contributed by atoms with Crippen LogP contribution in [0, 0.1) is 0 Å². The van der Waals surface area contributed by atoms with E-state index >= 15 is 0 Å². The summed E-state index contributed by atoms with van der Waals surface area (Å²) < 4.78 is 17.4. The van der Waals surface area contributed by atoms with Gasteiger partial charge in [-0.2, -0.15) is 0 Å². The molecule has 0 saturated carbocycles. The third-order valence-corrected chi connectivity index (χ3v) is 4.46. The Morgan fingerprint density at radius 3 is 2.65 bits per heavy atom. The van der Waals surface area contributed by atoms with E-state index in [0.29, 0.717) is 42.6 Å². The zero-order valence-electron chi connectivity index (χ0n) is 14.5. The Morgan fingerprint density at radius 2 is 1.85 bits per heavy atom. The van der Waals surface area contributed by atoms with Gasteiger partial charge in [-0.1, -0.05) is 36.4 Å². The van der Waals surface area contributed by atoms with Crippen LogP contribution in [0.4, 0.5) is 0 Å². The van der Waals surface area contributed by atoms with Crippen molar-refractivity contribution in [1.82, 2.24) is 4.90 Å². The molecule has 0 aromatic heterocycles. The molecular formula is C21H21NO4. The summed E-state index contributed by atoms with van der Waals surface area (Å²) in [5.41, 5.74) is 1.64. The molecule has 5 heteroatoms. The fourth-order valence-corrected chi connectivity index (χ4v) is 3.09. The van der Waals surface area contributed by atoms with E-state index in [4.69, 9.17) is 14.2 Å². The molecule has 2 heterocycles. The maximum absolute atomic E-state index is 12.5. The molecule has 0 atom stereocenters. The molecule has 0 spiro atoms. The summed E-state index contributed by atoms with van der Waals surface area (Å²) in [5, 5.41) is 0. The number of Topliss-reactive ketones (excluding diaryl/α,β-unsaturated/α-hetero) is 1. The lowest BCUT2D eigenvalue weighted by atomic mass is 10.0. The molecule has 2 aromatic rings. The molecule has 1 saturated heterocycles. The molecule has 2 aromatic carbocycles. The summed E-state index contributed by atoms with van der Waals surface area (Å²) in [6.07, 6.45) is 2.20. The zero-order valence-corrected chi connectivity index (χ0v) is 14.5. The third kappa shape index (κ3) is 3.73. The smallest absolute Gasteiger partial charge is 0.179 e. The van der Waals surface area contributed by atoms with Gasteiger partial charge in [0, 0.05) is 19.3 Å². The van der Waals surface area contributed by atoms with Gasteiger partial charge >= 0.3 is 0 Å². The van der Waals surface area contributed by atoms with Crippen molar-refractivity contribution in [2.45, 2.75) is 13.0 Å². The molecule has 2 aliphatic heterocycles. The summed E-state index contributed by atoms with van der Waals surface area (Å²) in [6.45, 7) is 3.43. The SMILES string of the molecule is O=C1C/C(=C\N2CCOCC2)Oc2c(OCc3ccccc3)cccc21. The number of nitrogens with zero attached hydrogens (tertiary/aromatic N) is 1. The Morgan fingerprint density at radius 1 is 1.04 bits per heavy atom. The Balaban J connectivity index is 1.55. The molecule has 134 valence electrons. The van der Waals surface area contributed by atoms with Gasteiger partial charge in [-0.3, -0.25) is 4.79 Å². The Hall–Kier alpha value is -2.79. The van der Waals surface area contributed by atoms with Gasteiger partial charge in [0.15, 0.2) is 17.3 Å². The van der Waals surface area contributed by atoms with Crippen LogP contribution in [0.2, 0.25) is 0 Å². The molecule has 2 aliphatic rings. The molecule has 0 amide bonds. The van der Waals surface area contributed by atoms with E-state index in [0.717, 1.165) is 18.7 Å². The Labute approximate surface area is 152 Å². The number of carbonyl (C=O) groups excluding carboxylic acids is 1. The minimum Gasteiger partial charge on any atom is -0.485 e. The number of carbonyl (C=O) groups is 1. The first-order chi connectivity index (χ1) is 12.8. The van der Waals surface area contributed by atoms with Gasteiger partial charge in [-0.25, -0.2) is 0 Å². The van der Waals surface area contributed by atoms with Crippen molar-refractivity contribution in [3.05, 3.63) is 71.6 Å². The average molecular weight is 351 g/mol. The van der Waals surface area contributed by atoms with Crippen molar-refractivity contribution in [2.24, 2.45) is 0 Å². The molecule has 4 rings (SSSR count). The van der Waals surface area contributed by atoms with Gasteiger partial charge in [0.2, 0.25) is 0 Å². The molecule has 0 N–H and O–H groups in total. The van der Waals surface area contributed by atoms with E-state index in [1.165, 1.54) is 0 Å². The van der Waals surface area contributed by atoms with Crippen LogP contribution in [-0.2, 0) is 11.3 Å². The highest BCUT2D eigenvalue weighted by atomic mass is 16.5. The number of allylic oxidation sites excluding steroid dienone is 1. The summed E-state index contributed by atoms with van der Waals surface area (Å²) >= 11 is 0. The highest BCUT2D eigenvalue weighted by Crippen LogP contribution is 2.38. The number of ketones is 1. The van der Waals surface area contributed by atoms with Crippen LogP contribution >= 0.6 is 0 Å². The largest absolute Gasteiger partial charge is 0.485 e. The molecule has 0 aliphatic carbocycles. The van der Waals surface area contributed by atoms with Crippen LogP contribution in [0.5, 0.6) is 11.5 Å². The lowest BCUT2D eigenvalue weighted by Gasteiger charge is -2.28. The maximum Gasteiger partial charge on any atom is 0.179 e. The maximum atomic E-state index is 12.5. The van der Waals surface area contributed by atoms with E-state index in [1.807, 2.05) is 48.7 Å². The summed E-state index contributed by atoms with van der Waals surface area (Å²) in [7, 11) is 0. The second-order valence-electron chi connectivity index (χ2n) is 6.35. The van der Waals surface area contributed by atoms with Gasteiger partial charge < -0.3 is 19.1 Å². The Kier molecular flexibility index (Phi) is 4.88. The van der Waals surface area contributed by atoms with Crippen molar-refractivity contribution in [2.75, 3.05) is 26.3 Å². The van der Waals surface area contributed by atoms with Crippen LogP contribution in [0.3, 0.4) is 0 Å². The molecule has 0 unspecified atom stereocenters. The number of ether oxygens (including phenoxy) is 3. The lowest BCUT2D eigenvalue weighted by Crippen LogP contribution is -2.33. The van der Waals surface area contributed by atoms with Gasteiger partial charge in [0.25, 0.3) is 0 Å². The molecular weight excluding hydrogens is 330 g/mol.